The van der Waals surface area contributed by atoms with Gasteiger partial charge in [-0.25, -0.2) is 4.79 Å². The van der Waals surface area contributed by atoms with Crippen molar-refractivity contribution in [3.8, 4) is 0 Å². The lowest BCUT2D eigenvalue weighted by atomic mass is 9.89. The molecule has 1 aromatic rings. The van der Waals surface area contributed by atoms with Gasteiger partial charge in [0, 0.05) is 54.9 Å². The molecule has 8 heteroatoms. The molecule has 4 atom stereocenters. The highest BCUT2D eigenvalue weighted by Crippen LogP contribution is 2.40. The Balaban J connectivity index is 1.31. The van der Waals surface area contributed by atoms with Gasteiger partial charge in [0.15, 0.2) is 0 Å². The summed E-state index contributed by atoms with van der Waals surface area (Å²) in [6.45, 7) is 7.53. The third kappa shape index (κ3) is 7.40. The number of hydrogen-bond acceptors (Lipinski definition) is 4. The molecular formula is C33H52ClN5O2. The zero-order valence-corrected chi connectivity index (χ0v) is 26.1. The molecule has 0 aromatic heterocycles. The second-order valence-corrected chi connectivity index (χ2v) is 13.3. The number of urea groups is 1. The number of nitrogens with one attached hydrogen (secondary N) is 2. The zero-order chi connectivity index (χ0) is 28.8. The molecule has 2 N–H and O–H groups in total. The SMILES string of the molecule is CCN(CC)C(=O)N(C1CCCCC1)C1CC2CCC(C1)N2C(=O)[C@H](Cc1ccc(Cl)cc1)NCC1CCCCN1. The number of halogens is 1. The average Bonchev–Trinajstić information content (AvgIpc) is 3.27. The molecule has 0 radical (unpaired) electrons. The summed E-state index contributed by atoms with van der Waals surface area (Å²) in [6.07, 6.45) is 14.1. The lowest BCUT2D eigenvalue weighted by molar-refractivity contribution is -0.139. The van der Waals surface area contributed by atoms with Gasteiger partial charge in [0.25, 0.3) is 0 Å². The van der Waals surface area contributed by atoms with Crippen molar-refractivity contribution in [3.05, 3.63) is 34.9 Å². The number of rotatable bonds is 10. The number of hydrogen-bond donors (Lipinski definition) is 2. The maximum Gasteiger partial charge on any atom is 0.320 e. The van der Waals surface area contributed by atoms with Gasteiger partial charge in [-0.15, -0.1) is 0 Å². The number of carbonyl (C=O) groups is 2. The van der Waals surface area contributed by atoms with Crippen LogP contribution < -0.4 is 10.6 Å². The van der Waals surface area contributed by atoms with Crippen LogP contribution in [-0.2, 0) is 11.2 Å². The van der Waals surface area contributed by atoms with Crippen LogP contribution in [0.15, 0.2) is 24.3 Å². The van der Waals surface area contributed by atoms with Crippen molar-refractivity contribution in [3.63, 3.8) is 0 Å². The van der Waals surface area contributed by atoms with Crippen molar-refractivity contribution in [2.75, 3.05) is 26.2 Å². The molecule has 4 aliphatic rings. The van der Waals surface area contributed by atoms with E-state index in [0.717, 1.165) is 81.7 Å². The van der Waals surface area contributed by atoms with E-state index in [0.29, 0.717) is 18.5 Å². The molecule has 5 rings (SSSR count). The van der Waals surface area contributed by atoms with Gasteiger partial charge >= 0.3 is 6.03 Å². The summed E-state index contributed by atoms with van der Waals surface area (Å²) in [5, 5.41) is 8.04. The first-order valence-electron chi connectivity index (χ1n) is 16.6. The highest BCUT2D eigenvalue weighted by atomic mass is 35.5. The second kappa shape index (κ2) is 14.6. The molecule has 4 fully saturated rings. The molecule has 1 saturated carbocycles. The van der Waals surface area contributed by atoms with Crippen LogP contribution in [0.1, 0.15) is 96.5 Å². The Morgan fingerprint density at radius 1 is 0.927 bits per heavy atom. The largest absolute Gasteiger partial charge is 0.335 e. The maximum atomic E-state index is 14.3. The maximum absolute atomic E-state index is 14.3. The van der Waals surface area contributed by atoms with Gasteiger partial charge in [-0.2, -0.15) is 0 Å². The normalized spacial score (nSPS) is 27.4. The Bertz CT molecular complexity index is 976. The second-order valence-electron chi connectivity index (χ2n) is 12.8. The Morgan fingerprint density at radius 2 is 1.59 bits per heavy atom. The highest BCUT2D eigenvalue weighted by molar-refractivity contribution is 6.30. The van der Waals surface area contributed by atoms with E-state index in [1.54, 1.807) is 0 Å². The van der Waals surface area contributed by atoms with Gasteiger partial charge in [0.05, 0.1) is 6.04 Å². The lowest BCUT2D eigenvalue weighted by Gasteiger charge is -2.48. The molecule has 3 amide bonds. The number of amides is 3. The smallest absolute Gasteiger partial charge is 0.320 e. The van der Waals surface area contributed by atoms with E-state index >= 15 is 0 Å². The average molecular weight is 586 g/mol. The number of carbonyl (C=O) groups excluding carboxylic acids is 2. The molecule has 1 aromatic carbocycles. The minimum atomic E-state index is -0.258. The molecule has 3 aliphatic heterocycles. The van der Waals surface area contributed by atoms with Gasteiger partial charge in [0.2, 0.25) is 5.91 Å². The van der Waals surface area contributed by atoms with E-state index < -0.39 is 0 Å². The van der Waals surface area contributed by atoms with Crippen molar-refractivity contribution in [1.82, 2.24) is 25.3 Å². The minimum absolute atomic E-state index is 0.212. The standard InChI is InChI=1S/C33H52ClN5O2/c1-3-37(4-2)33(41)39(27-11-6-5-7-12-27)30-21-28-17-18-29(22-30)38(28)32(40)31(20-24-13-15-25(34)16-14-24)36-23-26-10-8-9-19-35-26/h13-16,26-31,35-36H,3-12,17-23H2,1-2H3/t26?,28?,29?,30?,31-/m0/s1. The number of piperidine rings is 2. The van der Waals surface area contributed by atoms with Crippen LogP contribution in [0.25, 0.3) is 0 Å². The molecule has 3 unspecified atom stereocenters. The number of nitrogens with zero attached hydrogens (tertiary/aromatic N) is 3. The molecule has 41 heavy (non-hydrogen) atoms. The predicted octanol–water partition coefficient (Wildman–Crippen LogP) is 5.60. The van der Waals surface area contributed by atoms with Crippen molar-refractivity contribution in [1.29, 1.82) is 0 Å². The Morgan fingerprint density at radius 3 is 2.20 bits per heavy atom. The van der Waals surface area contributed by atoms with Crippen LogP contribution in [0, 0.1) is 0 Å². The first kappa shape index (κ1) is 30.6. The summed E-state index contributed by atoms with van der Waals surface area (Å²) >= 11 is 6.17. The van der Waals surface area contributed by atoms with E-state index in [2.05, 4.69) is 34.3 Å². The van der Waals surface area contributed by atoms with Crippen molar-refractivity contribution in [2.45, 2.75) is 134 Å². The van der Waals surface area contributed by atoms with Crippen LogP contribution in [0.3, 0.4) is 0 Å². The molecule has 228 valence electrons. The Labute approximate surface area is 252 Å². The number of fused-ring (bicyclic) bond motifs is 2. The number of benzene rings is 1. The van der Waals surface area contributed by atoms with E-state index in [9.17, 15) is 9.59 Å². The topological polar surface area (TPSA) is 67.9 Å². The van der Waals surface area contributed by atoms with E-state index in [4.69, 9.17) is 11.6 Å². The molecule has 7 nitrogen and oxygen atoms in total. The third-order valence-electron chi connectivity index (χ3n) is 10.3. The van der Waals surface area contributed by atoms with Crippen molar-refractivity contribution >= 4 is 23.5 Å². The van der Waals surface area contributed by atoms with Crippen LogP contribution in [0.4, 0.5) is 4.79 Å². The summed E-state index contributed by atoms with van der Waals surface area (Å²) in [4.78, 5) is 34.7. The fraction of sp³-hybridized carbons (Fsp3) is 0.758. The van der Waals surface area contributed by atoms with Crippen molar-refractivity contribution in [2.24, 2.45) is 0 Å². The lowest BCUT2D eigenvalue weighted by Crippen LogP contribution is -2.61. The Kier molecular flexibility index (Phi) is 10.9. The van der Waals surface area contributed by atoms with Crippen LogP contribution >= 0.6 is 11.6 Å². The van der Waals surface area contributed by atoms with Gasteiger partial charge in [-0.3, -0.25) is 4.79 Å². The molecular weight excluding hydrogens is 534 g/mol. The first-order chi connectivity index (χ1) is 20.0. The summed E-state index contributed by atoms with van der Waals surface area (Å²) in [7, 11) is 0. The third-order valence-corrected chi connectivity index (χ3v) is 10.5. The van der Waals surface area contributed by atoms with Crippen LogP contribution in [0.5, 0.6) is 0 Å². The fourth-order valence-corrected chi connectivity index (χ4v) is 8.15. The molecule has 3 heterocycles. The van der Waals surface area contributed by atoms with E-state index in [1.165, 1.54) is 32.1 Å². The predicted molar refractivity (Wildman–Crippen MR) is 166 cm³/mol. The van der Waals surface area contributed by atoms with Crippen molar-refractivity contribution < 1.29 is 9.59 Å². The molecule has 3 saturated heterocycles. The highest BCUT2D eigenvalue weighted by Gasteiger charge is 2.48. The molecule has 2 bridgehead atoms. The van der Waals surface area contributed by atoms with Crippen LogP contribution in [-0.4, -0.2) is 89.1 Å². The monoisotopic (exact) mass is 585 g/mol. The summed E-state index contributed by atoms with van der Waals surface area (Å²) in [5.74, 6) is 0.237. The van der Waals surface area contributed by atoms with Gasteiger partial charge < -0.3 is 25.3 Å². The molecule has 1 aliphatic carbocycles. The van der Waals surface area contributed by atoms with Gasteiger partial charge in [0.1, 0.15) is 0 Å². The fourth-order valence-electron chi connectivity index (χ4n) is 8.03. The minimum Gasteiger partial charge on any atom is -0.335 e. The van der Waals surface area contributed by atoms with Crippen LogP contribution in [0.2, 0.25) is 5.02 Å². The summed E-state index contributed by atoms with van der Waals surface area (Å²) in [6, 6.07) is 9.30. The first-order valence-corrected chi connectivity index (χ1v) is 17.0. The Hall–Kier alpha value is -1.83. The summed E-state index contributed by atoms with van der Waals surface area (Å²) in [5.41, 5.74) is 1.13. The van der Waals surface area contributed by atoms with Gasteiger partial charge in [-0.1, -0.05) is 49.4 Å². The quantitative estimate of drug-likeness (QED) is 0.375. The van der Waals surface area contributed by atoms with Gasteiger partial charge in [-0.05, 0) is 95.9 Å². The van der Waals surface area contributed by atoms with E-state index in [-0.39, 0.29) is 36.1 Å². The summed E-state index contributed by atoms with van der Waals surface area (Å²) < 4.78 is 0. The molecule has 0 spiro atoms. The zero-order valence-electron chi connectivity index (χ0n) is 25.3. The van der Waals surface area contributed by atoms with E-state index in [1.807, 2.05) is 29.2 Å².